The topological polar surface area (TPSA) is 90.9 Å². The van der Waals surface area contributed by atoms with Crippen molar-refractivity contribution < 1.29 is 28.6 Å². The molecule has 1 amide bonds. The fraction of sp³-hybridized carbons (Fsp3) is 0.211. The Kier molecular flexibility index (Phi) is 6.32. The Morgan fingerprint density at radius 1 is 1.04 bits per heavy atom. The Hall–Kier alpha value is -3.35. The fourth-order valence-electron chi connectivity index (χ4n) is 2.29. The highest BCUT2D eigenvalue weighted by atomic mass is 16.6. The number of anilines is 1. The first-order valence-corrected chi connectivity index (χ1v) is 7.78. The Balaban J connectivity index is 2.21. The van der Waals surface area contributed by atoms with Gasteiger partial charge in [-0.05, 0) is 31.2 Å². The van der Waals surface area contributed by atoms with Crippen LogP contribution in [0.5, 0.6) is 11.5 Å². The van der Waals surface area contributed by atoms with Gasteiger partial charge in [-0.2, -0.15) is 0 Å². The van der Waals surface area contributed by atoms with Gasteiger partial charge in [0.05, 0.1) is 14.2 Å². The van der Waals surface area contributed by atoms with Gasteiger partial charge in [-0.3, -0.25) is 9.59 Å². The number of amides is 1. The van der Waals surface area contributed by atoms with Gasteiger partial charge in [0.1, 0.15) is 5.56 Å². The second-order valence-corrected chi connectivity index (χ2v) is 5.29. The summed E-state index contributed by atoms with van der Waals surface area (Å²) in [7, 11) is 2.75. The number of carbonyl (C=O) groups excluding carboxylic acids is 3. The lowest BCUT2D eigenvalue weighted by atomic mass is 10.1. The molecule has 0 aliphatic carbocycles. The van der Waals surface area contributed by atoms with E-state index in [1.807, 2.05) is 6.07 Å². The molecular weight excluding hydrogens is 338 g/mol. The number of aldehydes is 1. The van der Waals surface area contributed by atoms with E-state index in [0.29, 0.717) is 12.0 Å². The van der Waals surface area contributed by atoms with Crippen LogP contribution in [-0.2, 0) is 9.53 Å². The molecule has 2 aromatic carbocycles. The van der Waals surface area contributed by atoms with Crippen molar-refractivity contribution in [3.63, 3.8) is 0 Å². The Labute approximate surface area is 150 Å². The average Bonchev–Trinajstić information content (AvgIpc) is 2.67. The van der Waals surface area contributed by atoms with Gasteiger partial charge in [-0.25, -0.2) is 4.79 Å². The molecule has 0 aliphatic heterocycles. The molecule has 0 aliphatic rings. The molecule has 0 radical (unpaired) electrons. The number of hydrogen-bond acceptors (Lipinski definition) is 6. The highest BCUT2D eigenvalue weighted by Gasteiger charge is 2.26. The zero-order valence-corrected chi connectivity index (χ0v) is 14.6. The van der Waals surface area contributed by atoms with Crippen LogP contribution in [0.25, 0.3) is 0 Å². The molecule has 0 spiro atoms. The smallest absolute Gasteiger partial charge is 0.343 e. The lowest BCUT2D eigenvalue weighted by Crippen LogP contribution is -2.30. The van der Waals surface area contributed by atoms with Crippen LogP contribution >= 0.6 is 0 Å². The number of methoxy groups -OCH3 is 2. The van der Waals surface area contributed by atoms with E-state index < -0.39 is 18.0 Å². The quantitative estimate of drug-likeness (QED) is 0.605. The van der Waals surface area contributed by atoms with Crippen molar-refractivity contribution in [1.82, 2.24) is 0 Å². The first-order chi connectivity index (χ1) is 12.5. The van der Waals surface area contributed by atoms with Crippen LogP contribution in [-0.4, -0.2) is 38.5 Å². The number of rotatable bonds is 7. The largest absolute Gasteiger partial charge is 0.493 e. The summed E-state index contributed by atoms with van der Waals surface area (Å²) >= 11 is 0. The van der Waals surface area contributed by atoms with Crippen LogP contribution < -0.4 is 14.8 Å². The summed E-state index contributed by atoms with van der Waals surface area (Å²) < 4.78 is 15.5. The Bertz CT molecular complexity index is 803. The van der Waals surface area contributed by atoms with Crippen LogP contribution in [0, 0.1) is 0 Å². The van der Waals surface area contributed by atoms with E-state index in [1.54, 1.807) is 24.3 Å². The molecule has 26 heavy (non-hydrogen) atoms. The van der Waals surface area contributed by atoms with E-state index in [4.69, 9.17) is 14.2 Å². The molecule has 0 saturated carbocycles. The van der Waals surface area contributed by atoms with Gasteiger partial charge >= 0.3 is 5.97 Å². The summed E-state index contributed by atoms with van der Waals surface area (Å²) in [5, 5.41) is 2.64. The first-order valence-electron chi connectivity index (χ1n) is 7.78. The van der Waals surface area contributed by atoms with Crippen molar-refractivity contribution in [2.45, 2.75) is 13.0 Å². The minimum Gasteiger partial charge on any atom is -0.493 e. The van der Waals surface area contributed by atoms with Crippen molar-refractivity contribution in [2.24, 2.45) is 0 Å². The summed E-state index contributed by atoms with van der Waals surface area (Å²) in [5.74, 6) is -1.03. The number of benzene rings is 2. The van der Waals surface area contributed by atoms with Crippen molar-refractivity contribution in [3.05, 3.63) is 53.6 Å². The van der Waals surface area contributed by atoms with Crippen LogP contribution in [0.4, 0.5) is 5.69 Å². The highest BCUT2D eigenvalue weighted by molar-refractivity contribution is 6.03. The number of nitrogens with one attached hydrogen (secondary N) is 1. The first kappa shape index (κ1) is 19.0. The second kappa shape index (κ2) is 8.66. The number of ether oxygens (including phenoxy) is 3. The maximum absolute atomic E-state index is 12.5. The lowest BCUT2D eigenvalue weighted by Gasteiger charge is -2.17. The molecule has 2 rings (SSSR count). The van der Waals surface area contributed by atoms with Crippen molar-refractivity contribution in [3.8, 4) is 11.5 Å². The zero-order chi connectivity index (χ0) is 19.1. The molecule has 0 bridgehead atoms. The number of carbonyl (C=O) groups is 3. The number of hydrogen-bond donors (Lipinski definition) is 1. The maximum atomic E-state index is 12.5. The van der Waals surface area contributed by atoms with Gasteiger partial charge in [0, 0.05) is 11.3 Å². The zero-order valence-electron chi connectivity index (χ0n) is 14.6. The summed E-state index contributed by atoms with van der Waals surface area (Å²) in [4.78, 5) is 36.0. The Morgan fingerprint density at radius 2 is 1.73 bits per heavy atom. The predicted octanol–water partition coefficient (Wildman–Crippen LogP) is 2.70. The molecule has 0 aromatic heterocycles. The standard InChI is InChI=1S/C19H19NO6/c1-12(18(22)20-14-7-5-4-6-8-14)26-19(23)16-13(11-21)9-10-15(24-2)17(16)25-3/h4-12H,1-3H3,(H,20,22)/t12-/m1/s1. The van der Waals surface area contributed by atoms with Crippen LogP contribution in [0.15, 0.2) is 42.5 Å². The van der Waals surface area contributed by atoms with E-state index in [-0.39, 0.29) is 22.6 Å². The molecule has 7 nitrogen and oxygen atoms in total. The summed E-state index contributed by atoms with van der Waals surface area (Å²) in [6.45, 7) is 1.43. The van der Waals surface area contributed by atoms with E-state index in [1.165, 1.54) is 33.3 Å². The van der Waals surface area contributed by atoms with E-state index in [9.17, 15) is 14.4 Å². The van der Waals surface area contributed by atoms with Gasteiger partial charge in [0.2, 0.25) is 0 Å². The van der Waals surface area contributed by atoms with E-state index >= 15 is 0 Å². The average molecular weight is 357 g/mol. The van der Waals surface area contributed by atoms with Crippen molar-refractivity contribution >= 4 is 23.9 Å². The third kappa shape index (κ3) is 4.18. The molecule has 0 unspecified atom stereocenters. The lowest BCUT2D eigenvalue weighted by molar-refractivity contribution is -0.123. The molecular formula is C19H19NO6. The van der Waals surface area contributed by atoms with E-state index in [2.05, 4.69) is 5.32 Å². The second-order valence-electron chi connectivity index (χ2n) is 5.29. The molecule has 136 valence electrons. The van der Waals surface area contributed by atoms with Crippen LogP contribution in [0.1, 0.15) is 27.6 Å². The molecule has 0 fully saturated rings. The van der Waals surface area contributed by atoms with Crippen LogP contribution in [0.2, 0.25) is 0 Å². The third-order valence-electron chi connectivity index (χ3n) is 3.60. The fourth-order valence-corrected chi connectivity index (χ4v) is 2.29. The van der Waals surface area contributed by atoms with Gasteiger partial charge in [-0.1, -0.05) is 18.2 Å². The summed E-state index contributed by atoms with van der Waals surface area (Å²) in [6, 6.07) is 11.7. The number of esters is 1. The third-order valence-corrected chi connectivity index (χ3v) is 3.60. The van der Waals surface area contributed by atoms with Gasteiger partial charge < -0.3 is 19.5 Å². The van der Waals surface area contributed by atoms with Crippen molar-refractivity contribution in [1.29, 1.82) is 0 Å². The Morgan fingerprint density at radius 3 is 2.31 bits per heavy atom. The summed E-state index contributed by atoms with van der Waals surface area (Å²) in [5.41, 5.74) is 0.553. The molecule has 2 aromatic rings. The minimum atomic E-state index is -1.09. The minimum absolute atomic E-state index is 0.0674. The van der Waals surface area contributed by atoms with Crippen LogP contribution in [0.3, 0.4) is 0 Å². The highest BCUT2D eigenvalue weighted by Crippen LogP contribution is 2.33. The molecule has 1 N–H and O–H groups in total. The SMILES string of the molecule is COc1ccc(C=O)c(C(=O)O[C@H](C)C(=O)Nc2ccccc2)c1OC. The maximum Gasteiger partial charge on any atom is 0.343 e. The van der Waals surface area contributed by atoms with Crippen molar-refractivity contribution in [2.75, 3.05) is 19.5 Å². The predicted molar refractivity (Wildman–Crippen MR) is 94.9 cm³/mol. The normalized spacial score (nSPS) is 11.2. The monoisotopic (exact) mass is 357 g/mol. The molecule has 0 heterocycles. The molecule has 1 atom stereocenters. The summed E-state index contributed by atoms with van der Waals surface area (Å²) in [6.07, 6.45) is -0.578. The van der Waals surface area contributed by atoms with Gasteiger partial charge in [0.15, 0.2) is 23.9 Å². The molecule has 0 saturated heterocycles. The van der Waals surface area contributed by atoms with E-state index in [0.717, 1.165) is 0 Å². The van der Waals surface area contributed by atoms with Gasteiger partial charge in [-0.15, -0.1) is 0 Å². The number of para-hydroxylation sites is 1. The van der Waals surface area contributed by atoms with Gasteiger partial charge in [0.25, 0.3) is 5.91 Å². The molecule has 7 heteroatoms.